The van der Waals surface area contributed by atoms with Gasteiger partial charge in [0.25, 0.3) is 0 Å². The maximum Gasteiger partial charge on any atom is 0.0654 e. The zero-order chi connectivity index (χ0) is 15.7. The molecule has 0 fully saturated rings. The van der Waals surface area contributed by atoms with Gasteiger partial charge < -0.3 is 4.98 Å². The van der Waals surface area contributed by atoms with Crippen LogP contribution in [-0.4, -0.2) is 32.8 Å². The van der Waals surface area contributed by atoms with E-state index in [-0.39, 0.29) is 6.04 Å². The average molecular weight is 317 g/mol. The van der Waals surface area contributed by atoms with Crippen molar-refractivity contribution in [2.75, 3.05) is 13.1 Å². The quantitative estimate of drug-likeness (QED) is 0.773. The van der Waals surface area contributed by atoms with Crippen molar-refractivity contribution in [1.29, 1.82) is 0 Å². The van der Waals surface area contributed by atoms with Gasteiger partial charge in [-0.1, -0.05) is 31.5 Å². The van der Waals surface area contributed by atoms with Crippen LogP contribution in [0.2, 0.25) is 5.02 Å². The summed E-state index contributed by atoms with van der Waals surface area (Å²) in [5, 5.41) is 6.24. The fourth-order valence-corrected chi connectivity index (χ4v) is 3.42. The molecule has 1 N–H and O–H groups in total. The van der Waals surface area contributed by atoms with Crippen LogP contribution in [0.4, 0.5) is 0 Å². The lowest BCUT2D eigenvalue weighted by Crippen LogP contribution is -2.29. The first-order valence-electron chi connectivity index (χ1n) is 7.63. The molecule has 1 atom stereocenters. The third kappa shape index (κ3) is 2.53. The highest BCUT2D eigenvalue weighted by Crippen LogP contribution is 2.36. The number of halogens is 1. The lowest BCUT2D eigenvalue weighted by molar-refractivity contribution is 0.252. The summed E-state index contributed by atoms with van der Waals surface area (Å²) in [6.45, 7) is 6.30. The highest BCUT2D eigenvalue weighted by Gasteiger charge is 2.25. The molecule has 116 valence electrons. The maximum atomic E-state index is 6.47. The summed E-state index contributed by atoms with van der Waals surface area (Å²) in [5.74, 6) is 0. The number of rotatable bonds is 5. The number of H-pyrrole nitrogens is 1. The third-order valence-electron chi connectivity index (χ3n) is 4.20. The molecule has 0 radical (unpaired) electrons. The van der Waals surface area contributed by atoms with Gasteiger partial charge in [-0.25, -0.2) is 0 Å². The fraction of sp³-hybridized carbons (Fsp3) is 0.353. The van der Waals surface area contributed by atoms with E-state index in [0.29, 0.717) is 0 Å². The first kappa shape index (κ1) is 15.1. The number of benzene rings is 1. The first-order valence-corrected chi connectivity index (χ1v) is 8.01. The van der Waals surface area contributed by atoms with Crippen LogP contribution >= 0.6 is 11.6 Å². The van der Waals surface area contributed by atoms with E-state index in [4.69, 9.17) is 11.6 Å². The standard InChI is InChI=1S/C17H21ClN4/c1-4-22(5-2)17(12-9-20-21(3)11-12)13-10-19-15-8-6-7-14(18)16(13)15/h6-11,17,19H,4-5H2,1-3H3. The van der Waals surface area contributed by atoms with Crippen LogP contribution in [0.25, 0.3) is 10.9 Å². The number of nitrogens with one attached hydrogen (secondary N) is 1. The van der Waals surface area contributed by atoms with E-state index in [2.05, 4.69) is 47.3 Å². The Kier molecular flexibility index (Phi) is 4.23. The number of fused-ring (bicyclic) bond motifs is 1. The summed E-state index contributed by atoms with van der Waals surface area (Å²) in [7, 11) is 1.95. The Morgan fingerprint density at radius 3 is 2.73 bits per heavy atom. The highest BCUT2D eigenvalue weighted by atomic mass is 35.5. The number of nitrogens with zero attached hydrogens (tertiary/aromatic N) is 3. The highest BCUT2D eigenvalue weighted by molar-refractivity contribution is 6.35. The Morgan fingerprint density at radius 2 is 2.09 bits per heavy atom. The molecule has 0 saturated heterocycles. The lowest BCUT2D eigenvalue weighted by Gasteiger charge is -2.29. The van der Waals surface area contributed by atoms with Crippen LogP contribution in [0.1, 0.15) is 31.0 Å². The minimum absolute atomic E-state index is 0.150. The second kappa shape index (κ2) is 6.15. The van der Waals surface area contributed by atoms with Crippen LogP contribution in [0.3, 0.4) is 0 Å². The molecule has 22 heavy (non-hydrogen) atoms. The van der Waals surface area contributed by atoms with Gasteiger partial charge in [-0.3, -0.25) is 9.58 Å². The minimum Gasteiger partial charge on any atom is -0.361 e. The molecular weight excluding hydrogens is 296 g/mol. The molecule has 0 aliphatic carbocycles. The number of hydrogen-bond acceptors (Lipinski definition) is 2. The number of aromatic amines is 1. The first-order chi connectivity index (χ1) is 10.7. The Bertz CT molecular complexity index is 770. The van der Waals surface area contributed by atoms with Gasteiger partial charge >= 0.3 is 0 Å². The van der Waals surface area contributed by atoms with E-state index >= 15 is 0 Å². The van der Waals surface area contributed by atoms with Gasteiger partial charge in [-0.2, -0.15) is 5.10 Å². The average Bonchev–Trinajstić information content (AvgIpc) is 3.12. The monoisotopic (exact) mass is 316 g/mol. The van der Waals surface area contributed by atoms with E-state index in [1.807, 2.05) is 30.1 Å². The molecule has 0 aliphatic rings. The molecule has 2 aromatic heterocycles. The Morgan fingerprint density at radius 1 is 1.32 bits per heavy atom. The van der Waals surface area contributed by atoms with Crippen molar-refractivity contribution in [3.05, 3.63) is 52.9 Å². The number of aryl methyl sites for hydroxylation is 1. The molecule has 0 saturated carbocycles. The molecule has 5 heteroatoms. The van der Waals surface area contributed by atoms with Crippen LogP contribution in [0.5, 0.6) is 0 Å². The maximum absolute atomic E-state index is 6.47. The molecule has 2 heterocycles. The van der Waals surface area contributed by atoms with Gasteiger partial charge in [-0.05, 0) is 25.2 Å². The van der Waals surface area contributed by atoms with E-state index in [0.717, 1.165) is 29.0 Å². The SMILES string of the molecule is CCN(CC)C(c1cnn(C)c1)c1c[nH]c2cccc(Cl)c12. The number of hydrogen-bond donors (Lipinski definition) is 1. The molecule has 0 aliphatic heterocycles. The summed E-state index contributed by atoms with van der Waals surface area (Å²) < 4.78 is 1.85. The molecule has 4 nitrogen and oxygen atoms in total. The van der Waals surface area contributed by atoms with Gasteiger partial charge in [0, 0.05) is 41.5 Å². The smallest absolute Gasteiger partial charge is 0.0654 e. The van der Waals surface area contributed by atoms with Crippen molar-refractivity contribution < 1.29 is 0 Å². The molecule has 1 unspecified atom stereocenters. The molecule has 1 aromatic carbocycles. The van der Waals surface area contributed by atoms with Crippen molar-refractivity contribution >= 4 is 22.5 Å². The molecule has 0 bridgehead atoms. The topological polar surface area (TPSA) is 36.9 Å². The van der Waals surface area contributed by atoms with Crippen LogP contribution in [0.15, 0.2) is 36.8 Å². The van der Waals surface area contributed by atoms with Crippen molar-refractivity contribution in [3.63, 3.8) is 0 Å². The molecule has 0 amide bonds. The lowest BCUT2D eigenvalue weighted by atomic mass is 9.99. The Labute approximate surface area is 135 Å². The van der Waals surface area contributed by atoms with Crippen LogP contribution in [-0.2, 0) is 7.05 Å². The van der Waals surface area contributed by atoms with Gasteiger partial charge in [0.15, 0.2) is 0 Å². The summed E-state index contributed by atoms with van der Waals surface area (Å²) >= 11 is 6.47. The van der Waals surface area contributed by atoms with E-state index in [9.17, 15) is 0 Å². The molecule has 0 spiro atoms. The van der Waals surface area contributed by atoms with E-state index in [1.165, 1.54) is 11.1 Å². The van der Waals surface area contributed by atoms with Crippen molar-refractivity contribution in [1.82, 2.24) is 19.7 Å². The normalized spacial score (nSPS) is 13.1. The van der Waals surface area contributed by atoms with Crippen LogP contribution in [0, 0.1) is 0 Å². The molecule has 3 aromatic rings. The second-order valence-electron chi connectivity index (χ2n) is 5.48. The summed E-state index contributed by atoms with van der Waals surface area (Å²) in [5.41, 5.74) is 3.47. The molecular formula is C17H21ClN4. The summed E-state index contributed by atoms with van der Waals surface area (Å²) in [4.78, 5) is 5.77. The Hall–Kier alpha value is -1.78. The third-order valence-corrected chi connectivity index (χ3v) is 4.51. The van der Waals surface area contributed by atoms with Gasteiger partial charge in [0.2, 0.25) is 0 Å². The number of aromatic nitrogens is 3. The van der Waals surface area contributed by atoms with Crippen molar-refractivity contribution in [2.24, 2.45) is 7.05 Å². The van der Waals surface area contributed by atoms with Gasteiger partial charge in [-0.15, -0.1) is 0 Å². The van der Waals surface area contributed by atoms with E-state index in [1.54, 1.807) is 0 Å². The predicted octanol–water partition coefficient (Wildman–Crippen LogP) is 3.99. The largest absolute Gasteiger partial charge is 0.361 e. The van der Waals surface area contributed by atoms with Crippen molar-refractivity contribution in [2.45, 2.75) is 19.9 Å². The molecule has 3 rings (SSSR count). The zero-order valence-corrected chi connectivity index (χ0v) is 13.9. The summed E-state index contributed by atoms with van der Waals surface area (Å²) in [6, 6.07) is 6.13. The van der Waals surface area contributed by atoms with Crippen LogP contribution < -0.4 is 0 Å². The Balaban J connectivity index is 2.20. The van der Waals surface area contributed by atoms with E-state index < -0.39 is 0 Å². The minimum atomic E-state index is 0.150. The summed E-state index contributed by atoms with van der Waals surface area (Å²) in [6.07, 6.45) is 6.10. The zero-order valence-electron chi connectivity index (χ0n) is 13.2. The fourth-order valence-electron chi connectivity index (χ4n) is 3.14. The predicted molar refractivity (Wildman–Crippen MR) is 91.3 cm³/mol. The van der Waals surface area contributed by atoms with Crippen molar-refractivity contribution in [3.8, 4) is 0 Å². The van der Waals surface area contributed by atoms with Gasteiger partial charge in [0.05, 0.1) is 17.3 Å². The van der Waals surface area contributed by atoms with Gasteiger partial charge in [0.1, 0.15) is 0 Å². The second-order valence-corrected chi connectivity index (χ2v) is 5.88.